The molecular weight excluding hydrogens is 778 g/mol. The molecule has 1 aromatic heterocycles. The first kappa shape index (κ1) is 42.3. The molecule has 0 radical (unpaired) electrons. The Kier molecular flexibility index (Phi) is 12.1. The smallest absolute Gasteiger partial charge is 0.411 e. The number of rotatable bonds is 13. The number of alkyl carbamates (subject to hydrolysis) is 1. The lowest BCUT2D eigenvalue weighted by Crippen LogP contribution is -2.48. The number of carbonyl (C=O) groups is 5. The quantitative estimate of drug-likeness (QED) is 0.0850. The number of fused-ring (bicyclic) bond motifs is 1. The van der Waals surface area contributed by atoms with Gasteiger partial charge in [-0.05, 0) is 111 Å². The molecule has 0 bridgehead atoms. The third-order valence-electron chi connectivity index (χ3n) is 10.2. The second kappa shape index (κ2) is 16.9. The van der Waals surface area contributed by atoms with Crippen molar-refractivity contribution in [3.05, 3.63) is 89.2 Å². The highest BCUT2D eigenvalue weighted by Crippen LogP contribution is 2.42. The third kappa shape index (κ3) is 9.87. The highest BCUT2D eigenvalue weighted by atomic mass is 19.3. The molecule has 2 heterocycles. The first-order valence-corrected chi connectivity index (χ1v) is 18.9. The minimum Gasteiger partial charge on any atom is -0.477 e. The third-order valence-corrected chi connectivity index (χ3v) is 10.2. The summed E-state index contributed by atoms with van der Waals surface area (Å²) < 4.78 is 61.2. The number of hydrogen-bond acceptors (Lipinski definition) is 8. The van der Waals surface area contributed by atoms with Crippen LogP contribution < -0.4 is 21.3 Å². The van der Waals surface area contributed by atoms with Crippen molar-refractivity contribution in [3.8, 4) is 22.5 Å². The van der Waals surface area contributed by atoms with E-state index < -0.39 is 47.3 Å². The number of carboxylic acid groups (broad SMARTS) is 1. The van der Waals surface area contributed by atoms with Gasteiger partial charge in [0.15, 0.2) is 5.82 Å². The van der Waals surface area contributed by atoms with E-state index in [0.717, 1.165) is 22.3 Å². The Morgan fingerprint density at radius 3 is 2.19 bits per heavy atom. The van der Waals surface area contributed by atoms with Crippen LogP contribution in [0.3, 0.4) is 0 Å². The van der Waals surface area contributed by atoms with E-state index in [9.17, 15) is 41.5 Å². The standard InChI is InChI=1S/C41H43F4N7O7/c1-39(2,3)59-38(58)47-20-23-6-10-26(11-7-23)33(53)49-31(18-22-4-8-24(9-5-22)27-14-17-30-28(19-27)21-46-34(30)54)35(55)48-29-15-12-25(13-16-29)32-50-36(52-51-32)40(42,43)41(44,45)37(56)57/h4-5,8-9,12-17,19,23,26,31H,6-7,10-11,18,20-21H2,1-3H3,(H,46,54)(H,47,58)(H,48,55)(H,49,53)(H,56,57)(H,50,51,52)/t23-,26-,31-/m0/s1. The van der Waals surface area contributed by atoms with Gasteiger partial charge in [-0.15, -0.1) is 0 Å². The van der Waals surface area contributed by atoms with Gasteiger partial charge < -0.3 is 31.1 Å². The number of nitrogens with zero attached hydrogens (tertiary/aromatic N) is 2. The number of aromatic amines is 1. The van der Waals surface area contributed by atoms with E-state index >= 15 is 0 Å². The number of nitrogens with one attached hydrogen (secondary N) is 5. The van der Waals surface area contributed by atoms with Crippen molar-refractivity contribution in [2.24, 2.45) is 11.8 Å². The van der Waals surface area contributed by atoms with Crippen LogP contribution in [0.25, 0.3) is 22.5 Å². The van der Waals surface area contributed by atoms with Crippen LogP contribution in [0, 0.1) is 11.8 Å². The molecular formula is C41H43F4N7O7. The van der Waals surface area contributed by atoms with Gasteiger partial charge in [0.05, 0.1) is 0 Å². The predicted octanol–water partition coefficient (Wildman–Crippen LogP) is 6.19. The van der Waals surface area contributed by atoms with Gasteiger partial charge in [0.1, 0.15) is 11.6 Å². The number of H-pyrrole nitrogens is 1. The first-order valence-electron chi connectivity index (χ1n) is 18.9. The van der Waals surface area contributed by atoms with Crippen LogP contribution in [0.1, 0.15) is 73.8 Å². The molecule has 1 aliphatic carbocycles. The molecule has 6 N–H and O–H groups in total. The molecule has 4 aromatic rings. The molecule has 59 heavy (non-hydrogen) atoms. The molecule has 14 nitrogen and oxygen atoms in total. The minimum absolute atomic E-state index is 0.115. The Bertz CT molecular complexity index is 2220. The number of benzene rings is 3. The zero-order valence-corrected chi connectivity index (χ0v) is 32.3. The number of aliphatic carboxylic acids is 1. The molecule has 2 aliphatic rings. The number of amides is 4. The number of carboxylic acids is 1. The average Bonchev–Trinajstić information content (AvgIpc) is 3.84. The van der Waals surface area contributed by atoms with E-state index in [1.54, 1.807) is 26.8 Å². The van der Waals surface area contributed by atoms with E-state index in [1.165, 1.54) is 24.3 Å². The summed E-state index contributed by atoms with van der Waals surface area (Å²) in [6.07, 6.45) is 2.05. The van der Waals surface area contributed by atoms with Gasteiger partial charge >= 0.3 is 23.9 Å². The van der Waals surface area contributed by atoms with Crippen LogP contribution in [0.5, 0.6) is 0 Å². The summed E-state index contributed by atoms with van der Waals surface area (Å²) in [5.41, 5.74) is 3.80. The Hall–Kier alpha value is -6.33. The van der Waals surface area contributed by atoms with Gasteiger partial charge in [-0.1, -0.05) is 30.3 Å². The summed E-state index contributed by atoms with van der Waals surface area (Å²) in [6, 6.07) is 17.5. The van der Waals surface area contributed by atoms with Gasteiger partial charge in [0.2, 0.25) is 17.6 Å². The number of anilines is 1. The minimum atomic E-state index is -5.46. The van der Waals surface area contributed by atoms with Crippen molar-refractivity contribution in [2.75, 3.05) is 11.9 Å². The van der Waals surface area contributed by atoms with Gasteiger partial charge in [0, 0.05) is 42.2 Å². The zero-order chi connectivity index (χ0) is 42.7. The van der Waals surface area contributed by atoms with Crippen LogP contribution >= 0.6 is 0 Å². The van der Waals surface area contributed by atoms with E-state index in [-0.39, 0.29) is 47.1 Å². The Balaban J connectivity index is 1.13. The number of ether oxygens (including phenoxy) is 1. The fraction of sp³-hybridized carbons (Fsp3) is 0.390. The number of halogens is 4. The predicted molar refractivity (Wildman–Crippen MR) is 205 cm³/mol. The topological polar surface area (TPSA) is 204 Å². The first-order chi connectivity index (χ1) is 27.8. The Labute approximate surface area is 335 Å². The summed E-state index contributed by atoms with van der Waals surface area (Å²) in [5, 5.41) is 25.1. The normalized spacial score (nSPS) is 17.3. The number of hydrogen-bond donors (Lipinski definition) is 6. The molecule has 3 aromatic carbocycles. The second-order valence-electron chi connectivity index (χ2n) is 15.6. The summed E-state index contributed by atoms with van der Waals surface area (Å²) in [4.78, 5) is 65.8. The van der Waals surface area contributed by atoms with Crippen LogP contribution in [0.4, 0.5) is 28.0 Å². The number of alkyl halides is 4. The fourth-order valence-electron chi connectivity index (χ4n) is 6.90. The fourth-order valence-corrected chi connectivity index (χ4v) is 6.90. The van der Waals surface area contributed by atoms with Crippen molar-refractivity contribution in [2.45, 2.75) is 82.9 Å². The summed E-state index contributed by atoms with van der Waals surface area (Å²) >= 11 is 0. The molecule has 0 saturated heterocycles. The largest absolute Gasteiger partial charge is 0.477 e. The molecule has 4 amide bonds. The van der Waals surface area contributed by atoms with E-state index in [1.807, 2.05) is 36.4 Å². The molecule has 1 fully saturated rings. The van der Waals surface area contributed by atoms with E-state index in [4.69, 9.17) is 9.84 Å². The van der Waals surface area contributed by atoms with E-state index in [2.05, 4.69) is 36.4 Å². The monoisotopic (exact) mass is 821 g/mol. The zero-order valence-electron chi connectivity index (χ0n) is 32.3. The molecule has 18 heteroatoms. The van der Waals surface area contributed by atoms with Crippen LogP contribution in [-0.2, 0) is 38.0 Å². The van der Waals surface area contributed by atoms with Gasteiger partial charge in [0.25, 0.3) is 5.91 Å². The molecule has 1 aliphatic heterocycles. The van der Waals surface area contributed by atoms with Gasteiger partial charge in [-0.2, -0.15) is 22.7 Å². The number of aromatic nitrogens is 3. The molecule has 1 saturated carbocycles. The SMILES string of the molecule is CC(C)(C)OC(=O)NC[C@H]1CC[C@H](C(=O)N[C@@H](Cc2ccc(-c3ccc4c(c3)CNC4=O)cc2)C(=O)Nc2ccc(-c3nc(C(F)(F)C(F)(F)C(=O)O)n[nH]3)cc2)CC1. The highest BCUT2D eigenvalue weighted by molar-refractivity contribution is 5.99. The maximum Gasteiger partial charge on any atom is 0.411 e. The highest BCUT2D eigenvalue weighted by Gasteiger charge is 2.66. The van der Waals surface area contributed by atoms with Crippen molar-refractivity contribution >= 4 is 35.5 Å². The molecule has 0 unspecified atom stereocenters. The summed E-state index contributed by atoms with van der Waals surface area (Å²) in [6.45, 7) is 6.19. The van der Waals surface area contributed by atoms with Crippen LogP contribution in [0.15, 0.2) is 66.7 Å². The lowest BCUT2D eigenvalue weighted by atomic mass is 9.81. The molecule has 6 rings (SSSR count). The van der Waals surface area contributed by atoms with Gasteiger partial charge in [-0.3, -0.25) is 19.5 Å². The Morgan fingerprint density at radius 2 is 1.54 bits per heavy atom. The summed E-state index contributed by atoms with van der Waals surface area (Å²) in [5.74, 6) is -17.0. The maximum atomic E-state index is 14.3. The van der Waals surface area contributed by atoms with Crippen molar-refractivity contribution in [3.63, 3.8) is 0 Å². The van der Waals surface area contributed by atoms with Crippen molar-refractivity contribution < 1.29 is 51.4 Å². The number of carbonyl (C=O) groups excluding carboxylic acids is 4. The molecule has 1 atom stereocenters. The van der Waals surface area contributed by atoms with Crippen LogP contribution in [0.2, 0.25) is 0 Å². The van der Waals surface area contributed by atoms with Gasteiger partial charge in [-0.25, -0.2) is 14.6 Å². The maximum absolute atomic E-state index is 14.3. The molecule has 0 spiro atoms. The van der Waals surface area contributed by atoms with Crippen molar-refractivity contribution in [1.82, 2.24) is 31.1 Å². The molecule has 312 valence electrons. The van der Waals surface area contributed by atoms with E-state index in [0.29, 0.717) is 44.3 Å². The lowest BCUT2D eigenvalue weighted by Gasteiger charge is -2.29. The second-order valence-corrected chi connectivity index (χ2v) is 15.6. The lowest BCUT2D eigenvalue weighted by molar-refractivity contribution is -0.231. The van der Waals surface area contributed by atoms with Crippen molar-refractivity contribution in [1.29, 1.82) is 0 Å². The van der Waals surface area contributed by atoms with Crippen LogP contribution in [-0.4, -0.2) is 74.2 Å². The average molecular weight is 822 g/mol. The summed E-state index contributed by atoms with van der Waals surface area (Å²) in [7, 11) is 0. The Morgan fingerprint density at radius 1 is 0.898 bits per heavy atom.